The number of unbranched alkanes of at least 4 members (excludes halogenated alkanes) is 1. The van der Waals surface area contributed by atoms with Gasteiger partial charge in [-0.15, -0.1) is 0 Å². The molecule has 1 atom stereocenters. The van der Waals surface area contributed by atoms with Crippen molar-refractivity contribution in [3.63, 3.8) is 0 Å². The number of allylic oxidation sites excluding steroid dienone is 2. The van der Waals surface area contributed by atoms with Gasteiger partial charge in [0.15, 0.2) is 14.1 Å². The lowest BCUT2D eigenvalue weighted by Crippen LogP contribution is -2.40. The normalized spacial score (nSPS) is 15.2. The molecule has 0 aliphatic heterocycles. The molecule has 1 aromatic heterocycles. The van der Waals surface area contributed by atoms with E-state index in [4.69, 9.17) is 8.95 Å². The van der Waals surface area contributed by atoms with Crippen molar-refractivity contribution in [1.82, 2.24) is 5.16 Å². The van der Waals surface area contributed by atoms with E-state index in [0.29, 0.717) is 5.92 Å². The Labute approximate surface area is 187 Å². The van der Waals surface area contributed by atoms with E-state index in [2.05, 4.69) is 98.6 Å². The topological polar surface area (TPSA) is 35.3 Å². The molecule has 1 heterocycles. The molecule has 1 rings (SSSR count). The molecule has 0 saturated carbocycles. The zero-order chi connectivity index (χ0) is 21.4. The van der Waals surface area contributed by atoms with E-state index in [1.54, 1.807) is 0 Å². The molecule has 0 amide bonds. The van der Waals surface area contributed by atoms with E-state index >= 15 is 0 Å². The van der Waals surface area contributed by atoms with Crippen LogP contribution in [0, 0.1) is 0 Å². The van der Waals surface area contributed by atoms with Gasteiger partial charge in [0.1, 0.15) is 0 Å². The van der Waals surface area contributed by atoms with E-state index < -0.39 is 8.32 Å². The highest BCUT2D eigenvalue weighted by Gasteiger charge is 2.36. The minimum atomic E-state index is -1.61. The number of nitrogens with zero attached hydrogens (tertiary/aromatic N) is 1. The highest BCUT2D eigenvalue weighted by atomic mass is 127. The SMILES string of the molecule is C/C(=C/c1cc(C(C)CC/C(C)=C/I)no1)CCCCO[Si](C)(C)C(C)(C)C. The second kappa shape index (κ2) is 11.7. The smallest absolute Gasteiger partial charge is 0.191 e. The van der Waals surface area contributed by atoms with Crippen molar-refractivity contribution in [1.29, 1.82) is 0 Å². The Morgan fingerprint density at radius 1 is 1.21 bits per heavy atom. The van der Waals surface area contributed by atoms with Gasteiger partial charge in [0.2, 0.25) is 0 Å². The van der Waals surface area contributed by atoms with Crippen LogP contribution < -0.4 is 0 Å². The molecule has 0 aromatic carbocycles. The summed E-state index contributed by atoms with van der Waals surface area (Å²) in [6.07, 6.45) is 7.68. The van der Waals surface area contributed by atoms with Gasteiger partial charge in [-0.3, -0.25) is 0 Å². The molecular weight excluding hydrogens is 477 g/mol. The van der Waals surface area contributed by atoms with Gasteiger partial charge in [-0.25, -0.2) is 0 Å². The largest absolute Gasteiger partial charge is 0.417 e. The first-order chi connectivity index (χ1) is 13.0. The molecule has 3 nitrogen and oxygen atoms in total. The summed E-state index contributed by atoms with van der Waals surface area (Å²) < 4.78 is 14.0. The maximum atomic E-state index is 6.26. The lowest BCUT2D eigenvalue weighted by Gasteiger charge is -2.36. The van der Waals surface area contributed by atoms with E-state index in [0.717, 1.165) is 50.2 Å². The van der Waals surface area contributed by atoms with Crippen LogP contribution in [0.4, 0.5) is 0 Å². The van der Waals surface area contributed by atoms with Crippen molar-refractivity contribution < 1.29 is 8.95 Å². The summed E-state index contributed by atoms with van der Waals surface area (Å²) in [4.78, 5) is 0. The standard InChI is InChI=1S/C23H40INO2Si/c1-18(11-9-10-14-26-28(7,8)23(4,5)6)15-21-16-22(25-27-21)20(3)13-12-19(2)17-24/h15-17,20H,9-14H2,1-8H3/b18-15-,19-17+. The number of aromatic nitrogens is 1. The fraction of sp³-hybridized carbons (Fsp3) is 0.696. The lowest BCUT2D eigenvalue weighted by atomic mass is 9.99. The van der Waals surface area contributed by atoms with Crippen LogP contribution in [0.5, 0.6) is 0 Å². The maximum Gasteiger partial charge on any atom is 0.191 e. The average Bonchev–Trinajstić information content (AvgIpc) is 3.06. The minimum absolute atomic E-state index is 0.287. The zero-order valence-corrected chi connectivity index (χ0v) is 22.4. The first-order valence-electron chi connectivity index (χ1n) is 10.5. The monoisotopic (exact) mass is 517 g/mol. The maximum absolute atomic E-state index is 6.26. The van der Waals surface area contributed by atoms with Gasteiger partial charge < -0.3 is 8.95 Å². The van der Waals surface area contributed by atoms with E-state index in [1.807, 2.05) is 0 Å². The third kappa shape index (κ3) is 8.95. The highest BCUT2D eigenvalue weighted by molar-refractivity contribution is 14.1. The summed E-state index contributed by atoms with van der Waals surface area (Å²) in [5.41, 5.74) is 3.82. The number of hydrogen-bond donors (Lipinski definition) is 0. The van der Waals surface area contributed by atoms with Crippen molar-refractivity contribution in [3.8, 4) is 0 Å². The first kappa shape index (κ1) is 25.6. The third-order valence-electron chi connectivity index (χ3n) is 5.83. The molecule has 0 spiro atoms. The van der Waals surface area contributed by atoms with E-state index in [-0.39, 0.29) is 5.04 Å². The molecule has 0 aliphatic carbocycles. The molecule has 0 fully saturated rings. The Hall–Kier alpha value is -0.403. The molecule has 0 radical (unpaired) electrons. The molecule has 28 heavy (non-hydrogen) atoms. The predicted octanol–water partition coefficient (Wildman–Crippen LogP) is 8.49. The summed E-state index contributed by atoms with van der Waals surface area (Å²) in [6, 6.07) is 2.10. The highest BCUT2D eigenvalue weighted by Crippen LogP contribution is 2.36. The van der Waals surface area contributed by atoms with Crippen LogP contribution in [0.15, 0.2) is 25.8 Å². The molecular formula is C23H40INO2Si. The molecule has 1 aromatic rings. The minimum Gasteiger partial charge on any atom is -0.417 e. The van der Waals surface area contributed by atoms with Crippen molar-refractivity contribution in [2.24, 2.45) is 0 Å². The van der Waals surface area contributed by atoms with Gasteiger partial charge in [-0.2, -0.15) is 0 Å². The van der Waals surface area contributed by atoms with Crippen LogP contribution >= 0.6 is 22.6 Å². The van der Waals surface area contributed by atoms with Crippen LogP contribution in [0.2, 0.25) is 18.1 Å². The average molecular weight is 518 g/mol. The molecule has 1 unspecified atom stereocenters. The van der Waals surface area contributed by atoms with Gasteiger partial charge >= 0.3 is 0 Å². The second-order valence-electron chi connectivity index (χ2n) is 9.61. The Morgan fingerprint density at radius 3 is 2.50 bits per heavy atom. The Morgan fingerprint density at radius 2 is 1.89 bits per heavy atom. The molecule has 0 N–H and O–H groups in total. The summed E-state index contributed by atoms with van der Waals surface area (Å²) in [6.45, 7) is 19.0. The van der Waals surface area contributed by atoms with Gasteiger partial charge in [0, 0.05) is 18.6 Å². The van der Waals surface area contributed by atoms with Crippen LogP contribution in [0.3, 0.4) is 0 Å². The first-order valence-corrected chi connectivity index (χ1v) is 14.6. The Bertz CT molecular complexity index is 656. The number of hydrogen-bond acceptors (Lipinski definition) is 3. The molecule has 0 saturated heterocycles. The summed E-state index contributed by atoms with van der Waals surface area (Å²) in [7, 11) is -1.61. The summed E-state index contributed by atoms with van der Waals surface area (Å²) in [5, 5.41) is 4.56. The van der Waals surface area contributed by atoms with Crippen molar-refractivity contribution in [3.05, 3.63) is 32.7 Å². The number of halogens is 1. The Balaban J connectivity index is 2.41. The van der Waals surface area contributed by atoms with Crippen molar-refractivity contribution >= 4 is 37.0 Å². The van der Waals surface area contributed by atoms with Crippen LogP contribution in [-0.4, -0.2) is 20.1 Å². The summed E-state index contributed by atoms with van der Waals surface area (Å²) >= 11 is 2.31. The van der Waals surface area contributed by atoms with Crippen LogP contribution in [-0.2, 0) is 4.43 Å². The Kier molecular flexibility index (Phi) is 10.7. The molecule has 5 heteroatoms. The van der Waals surface area contributed by atoms with Gasteiger partial charge in [0.25, 0.3) is 0 Å². The second-order valence-corrected chi connectivity index (χ2v) is 15.0. The fourth-order valence-electron chi connectivity index (χ4n) is 2.62. The van der Waals surface area contributed by atoms with Gasteiger partial charge in [-0.1, -0.05) is 66.6 Å². The van der Waals surface area contributed by atoms with E-state index in [1.165, 1.54) is 11.1 Å². The third-order valence-corrected chi connectivity index (χ3v) is 11.4. The number of rotatable bonds is 11. The van der Waals surface area contributed by atoms with Gasteiger partial charge in [-0.05, 0) is 74.2 Å². The van der Waals surface area contributed by atoms with Crippen LogP contribution in [0.25, 0.3) is 6.08 Å². The van der Waals surface area contributed by atoms with Gasteiger partial charge in [0.05, 0.1) is 5.69 Å². The van der Waals surface area contributed by atoms with Crippen LogP contribution in [0.1, 0.15) is 91.0 Å². The molecule has 160 valence electrons. The quantitative estimate of drug-likeness (QED) is 0.168. The fourth-order valence-corrected chi connectivity index (χ4v) is 4.01. The molecule has 0 aliphatic rings. The predicted molar refractivity (Wildman–Crippen MR) is 133 cm³/mol. The van der Waals surface area contributed by atoms with Crippen molar-refractivity contribution in [2.45, 2.75) is 97.7 Å². The molecule has 0 bridgehead atoms. The van der Waals surface area contributed by atoms with Crippen molar-refractivity contribution in [2.75, 3.05) is 6.61 Å². The van der Waals surface area contributed by atoms with E-state index in [9.17, 15) is 0 Å². The summed E-state index contributed by atoms with van der Waals surface area (Å²) in [5.74, 6) is 1.29. The lowest BCUT2D eigenvalue weighted by molar-refractivity contribution is 0.279. The zero-order valence-electron chi connectivity index (χ0n) is 19.2.